The molecule has 3 atom stereocenters. The molecule has 3 N–H and O–H groups in total. The molecule has 27 heavy (non-hydrogen) atoms. The van der Waals surface area contributed by atoms with Crippen molar-refractivity contribution in [2.24, 2.45) is 11.8 Å². The lowest BCUT2D eigenvalue weighted by atomic mass is 9.90. The molecule has 3 heteroatoms. The first kappa shape index (κ1) is 19.6. The van der Waals surface area contributed by atoms with Crippen LogP contribution in [0.15, 0.2) is 55.0 Å². The first-order chi connectivity index (χ1) is 13.0. The molecule has 3 rings (SSSR count). The lowest BCUT2D eigenvalue weighted by molar-refractivity contribution is 0.370. The van der Waals surface area contributed by atoms with E-state index in [1.54, 1.807) is 0 Å². The van der Waals surface area contributed by atoms with E-state index in [1.165, 1.54) is 42.1 Å². The van der Waals surface area contributed by atoms with Crippen molar-refractivity contribution in [2.45, 2.75) is 58.4 Å². The highest BCUT2D eigenvalue weighted by atomic mass is 15.0. The maximum Gasteiger partial charge on any atom is 0.0691 e. The van der Waals surface area contributed by atoms with Gasteiger partial charge in [0.15, 0.2) is 0 Å². The minimum Gasteiger partial charge on any atom is -0.387 e. The molecule has 0 spiro atoms. The van der Waals surface area contributed by atoms with Crippen molar-refractivity contribution >= 4 is 10.9 Å². The van der Waals surface area contributed by atoms with Gasteiger partial charge in [-0.3, -0.25) is 0 Å². The van der Waals surface area contributed by atoms with Crippen molar-refractivity contribution in [1.29, 1.82) is 0 Å². The third-order valence-electron chi connectivity index (χ3n) is 5.87. The number of hydrogen-bond donors (Lipinski definition) is 3. The Kier molecular flexibility index (Phi) is 6.65. The van der Waals surface area contributed by atoms with Gasteiger partial charge >= 0.3 is 0 Å². The molecule has 2 heterocycles. The molecule has 146 valence electrons. The molecule has 0 radical (unpaired) electrons. The molecule has 2 unspecified atom stereocenters. The van der Waals surface area contributed by atoms with E-state index in [0.29, 0.717) is 0 Å². The average molecular weight is 366 g/mol. The summed E-state index contributed by atoms with van der Waals surface area (Å²) in [6.07, 6.45) is 9.07. The highest BCUT2D eigenvalue weighted by molar-refractivity contribution is 5.83. The summed E-state index contributed by atoms with van der Waals surface area (Å²) in [6.45, 7) is 14.4. The standard InChI is InChI=1S/C24H35N3/c1-17-8-7-13-25-20(4)24(27-19(3)12-11-18(2)14-17)15-21-16-26-23-10-6-5-9-22(21)23/h5-6,9-10,16-18,24-27H,3-4,7-8,11-15H2,1-2H3/t17?,18-,24?/m0/s1. The second-order valence-electron chi connectivity index (χ2n) is 8.44. The molecule has 0 amide bonds. The Hall–Kier alpha value is -2.16. The Labute approximate surface area is 164 Å². The van der Waals surface area contributed by atoms with Gasteiger partial charge in [-0.2, -0.15) is 0 Å². The smallest absolute Gasteiger partial charge is 0.0691 e. The predicted molar refractivity (Wildman–Crippen MR) is 117 cm³/mol. The summed E-state index contributed by atoms with van der Waals surface area (Å²) in [5, 5.41) is 8.54. The van der Waals surface area contributed by atoms with Gasteiger partial charge in [-0.05, 0) is 55.6 Å². The van der Waals surface area contributed by atoms with Crippen LogP contribution in [0.3, 0.4) is 0 Å². The summed E-state index contributed by atoms with van der Waals surface area (Å²) in [5.74, 6) is 1.54. The van der Waals surface area contributed by atoms with Gasteiger partial charge in [0.05, 0.1) is 6.04 Å². The Morgan fingerprint density at radius 2 is 1.85 bits per heavy atom. The highest BCUT2D eigenvalue weighted by Crippen LogP contribution is 2.24. The molecule has 2 aromatic rings. The zero-order chi connectivity index (χ0) is 19.2. The molecule has 0 saturated carbocycles. The lowest BCUT2D eigenvalue weighted by Gasteiger charge is -2.25. The van der Waals surface area contributed by atoms with Crippen molar-refractivity contribution < 1.29 is 0 Å². The van der Waals surface area contributed by atoms with E-state index in [4.69, 9.17) is 0 Å². The van der Waals surface area contributed by atoms with Gasteiger partial charge in [0, 0.05) is 41.5 Å². The molecule has 1 fully saturated rings. The predicted octanol–water partition coefficient (Wildman–Crippen LogP) is 5.52. The summed E-state index contributed by atoms with van der Waals surface area (Å²) in [6, 6.07) is 8.65. The maximum atomic E-state index is 4.35. The fourth-order valence-corrected chi connectivity index (χ4v) is 4.27. The number of hydrogen-bond acceptors (Lipinski definition) is 2. The van der Waals surface area contributed by atoms with Crippen LogP contribution in [0, 0.1) is 11.8 Å². The van der Waals surface area contributed by atoms with Crippen molar-refractivity contribution in [2.75, 3.05) is 6.54 Å². The average Bonchev–Trinajstić information content (AvgIpc) is 3.05. The molecule has 1 aromatic heterocycles. The fraction of sp³-hybridized carbons (Fsp3) is 0.500. The van der Waals surface area contributed by atoms with E-state index < -0.39 is 0 Å². The van der Waals surface area contributed by atoms with Crippen LogP contribution in [0.1, 0.15) is 51.5 Å². The summed E-state index contributed by atoms with van der Waals surface area (Å²) in [4.78, 5) is 3.39. The van der Waals surface area contributed by atoms with Gasteiger partial charge in [-0.25, -0.2) is 0 Å². The molecule has 3 nitrogen and oxygen atoms in total. The number of fused-ring (bicyclic) bond motifs is 1. The van der Waals surface area contributed by atoms with Gasteiger partial charge in [0.2, 0.25) is 0 Å². The number of benzene rings is 1. The summed E-state index contributed by atoms with van der Waals surface area (Å²) in [7, 11) is 0. The van der Waals surface area contributed by atoms with Crippen LogP contribution in [0.4, 0.5) is 0 Å². The van der Waals surface area contributed by atoms with Crippen LogP contribution in [0.25, 0.3) is 10.9 Å². The molecule has 0 bridgehead atoms. The topological polar surface area (TPSA) is 39.9 Å². The van der Waals surface area contributed by atoms with Crippen LogP contribution in [0.5, 0.6) is 0 Å². The van der Waals surface area contributed by atoms with Crippen LogP contribution in [-0.2, 0) is 6.42 Å². The van der Waals surface area contributed by atoms with Crippen molar-refractivity contribution in [3.05, 3.63) is 60.6 Å². The van der Waals surface area contributed by atoms with Gasteiger partial charge < -0.3 is 15.6 Å². The van der Waals surface area contributed by atoms with Crippen molar-refractivity contribution in [3.63, 3.8) is 0 Å². The molecule has 0 aliphatic carbocycles. The first-order valence-electron chi connectivity index (χ1n) is 10.4. The summed E-state index contributed by atoms with van der Waals surface area (Å²) >= 11 is 0. The zero-order valence-corrected chi connectivity index (χ0v) is 17.0. The van der Waals surface area contributed by atoms with Gasteiger partial charge in [0.25, 0.3) is 0 Å². The first-order valence-corrected chi connectivity index (χ1v) is 10.4. The molecule has 1 aliphatic rings. The monoisotopic (exact) mass is 365 g/mol. The quantitative estimate of drug-likeness (QED) is 0.655. The molecule has 1 aliphatic heterocycles. The Balaban J connectivity index is 1.74. The largest absolute Gasteiger partial charge is 0.387 e. The Morgan fingerprint density at radius 3 is 2.70 bits per heavy atom. The van der Waals surface area contributed by atoms with Crippen molar-refractivity contribution in [1.82, 2.24) is 15.6 Å². The molecular formula is C24H35N3. The highest BCUT2D eigenvalue weighted by Gasteiger charge is 2.18. The van der Waals surface area contributed by atoms with Crippen LogP contribution in [-0.4, -0.2) is 17.6 Å². The van der Waals surface area contributed by atoms with Crippen LogP contribution >= 0.6 is 0 Å². The number of allylic oxidation sites excluding steroid dienone is 1. The molecule has 1 saturated heterocycles. The zero-order valence-electron chi connectivity index (χ0n) is 17.0. The fourth-order valence-electron chi connectivity index (χ4n) is 4.27. The van der Waals surface area contributed by atoms with Crippen LogP contribution < -0.4 is 10.6 Å². The number of nitrogens with one attached hydrogen (secondary N) is 3. The Bertz CT molecular complexity index is 773. The number of rotatable bonds is 2. The maximum absolute atomic E-state index is 4.35. The second-order valence-corrected chi connectivity index (χ2v) is 8.44. The minimum atomic E-state index is 0.158. The van der Waals surface area contributed by atoms with Gasteiger partial charge in [-0.15, -0.1) is 0 Å². The lowest BCUT2D eigenvalue weighted by Crippen LogP contribution is -2.37. The van der Waals surface area contributed by atoms with E-state index in [2.05, 4.69) is 73.1 Å². The third kappa shape index (κ3) is 5.41. The summed E-state index contributed by atoms with van der Waals surface area (Å²) < 4.78 is 0. The van der Waals surface area contributed by atoms with Gasteiger partial charge in [0.1, 0.15) is 0 Å². The molecular weight excluding hydrogens is 330 g/mol. The minimum absolute atomic E-state index is 0.158. The molecule has 1 aromatic carbocycles. The number of aromatic amines is 1. The van der Waals surface area contributed by atoms with Crippen LogP contribution in [0.2, 0.25) is 0 Å². The van der Waals surface area contributed by atoms with E-state index in [9.17, 15) is 0 Å². The van der Waals surface area contributed by atoms with E-state index in [0.717, 1.165) is 42.6 Å². The second kappa shape index (κ2) is 9.16. The number of H-pyrrole nitrogens is 1. The van der Waals surface area contributed by atoms with E-state index in [-0.39, 0.29) is 6.04 Å². The SMILES string of the molecule is C=C1CC[C@H](C)CC(C)CCCNC(=C)C(Cc2c[nH]c3ccccc23)N1. The van der Waals surface area contributed by atoms with Crippen molar-refractivity contribution in [3.8, 4) is 0 Å². The Morgan fingerprint density at radius 1 is 1.07 bits per heavy atom. The summed E-state index contributed by atoms with van der Waals surface area (Å²) in [5.41, 5.74) is 4.71. The third-order valence-corrected chi connectivity index (χ3v) is 5.87. The van der Waals surface area contributed by atoms with E-state index >= 15 is 0 Å². The van der Waals surface area contributed by atoms with Gasteiger partial charge in [-0.1, -0.05) is 45.2 Å². The number of para-hydroxylation sites is 1. The van der Waals surface area contributed by atoms with E-state index in [1.807, 2.05) is 0 Å². The number of aromatic nitrogens is 1. The normalized spacial score (nSPS) is 25.8.